The molecule has 2 amide bonds. The van der Waals surface area contributed by atoms with Crippen LogP contribution in [-0.2, 0) is 29.1 Å². The normalized spacial score (nSPS) is 21.7. The SMILES string of the molecule is CC1CC(=O)Nc2ccccc2N1C(=O)COC(=O)C1=CN2CCS(=O)(=O)N=C2C=C1. The number of fused-ring (bicyclic) bond motifs is 2. The molecule has 3 aliphatic rings. The topological polar surface area (TPSA) is 125 Å². The molecule has 0 aromatic heterocycles. The number of para-hydroxylation sites is 2. The predicted octanol–water partition coefficient (Wildman–Crippen LogP) is 0.791. The summed E-state index contributed by atoms with van der Waals surface area (Å²) < 4.78 is 32.0. The van der Waals surface area contributed by atoms with Crippen molar-refractivity contribution in [3.05, 3.63) is 48.2 Å². The van der Waals surface area contributed by atoms with E-state index in [4.69, 9.17) is 4.74 Å². The van der Waals surface area contributed by atoms with Gasteiger partial charge in [-0.1, -0.05) is 12.1 Å². The van der Waals surface area contributed by atoms with Crippen LogP contribution in [0.3, 0.4) is 0 Å². The number of benzene rings is 1. The van der Waals surface area contributed by atoms with Crippen LogP contribution in [0.1, 0.15) is 13.3 Å². The lowest BCUT2D eigenvalue weighted by Gasteiger charge is -2.28. The number of esters is 1. The van der Waals surface area contributed by atoms with Crippen LogP contribution in [-0.4, -0.2) is 61.9 Å². The zero-order chi connectivity index (χ0) is 22.2. The fraction of sp³-hybridized carbons (Fsp3) is 0.300. The first-order valence-corrected chi connectivity index (χ1v) is 11.2. The molecule has 1 unspecified atom stereocenters. The Kier molecular flexibility index (Phi) is 5.36. The monoisotopic (exact) mass is 444 g/mol. The van der Waals surface area contributed by atoms with Crippen molar-refractivity contribution in [2.45, 2.75) is 19.4 Å². The molecule has 3 aliphatic heterocycles. The number of hydrogen-bond acceptors (Lipinski definition) is 7. The van der Waals surface area contributed by atoms with Crippen LogP contribution >= 0.6 is 0 Å². The minimum atomic E-state index is -3.49. The molecule has 0 bridgehead atoms. The fourth-order valence-electron chi connectivity index (χ4n) is 3.57. The van der Waals surface area contributed by atoms with Gasteiger partial charge in [-0.2, -0.15) is 0 Å². The maximum Gasteiger partial charge on any atom is 0.340 e. The van der Waals surface area contributed by atoms with E-state index in [1.807, 2.05) is 0 Å². The van der Waals surface area contributed by atoms with Crippen molar-refractivity contribution in [3.63, 3.8) is 0 Å². The van der Waals surface area contributed by atoms with Crippen LogP contribution in [0.5, 0.6) is 0 Å². The second-order valence-corrected chi connectivity index (χ2v) is 9.06. The summed E-state index contributed by atoms with van der Waals surface area (Å²) in [5, 5.41) is 2.77. The summed E-state index contributed by atoms with van der Waals surface area (Å²) in [5.74, 6) is -1.31. The second kappa shape index (κ2) is 7.99. The maximum absolute atomic E-state index is 12.9. The number of hydrogen-bond donors (Lipinski definition) is 1. The molecule has 162 valence electrons. The number of amidine groups is 1. The Morgan fingerprint density at radius 3 is 2.84 bits per heavy atom. The molecule has 0 radical (unpaired) electrons. The van der Waals surface area contributed by atoms with Crippen molar-refractivity contribution < 1.29 is 27.5 Å². The number of sulfonamides is 1. The molecule has 0 saturated heterocycles. The summed E-state index contributed by atoms with van der Waals surface area (Å²) in [7, 11) is -3.49. The Hall–Kier alpha value is -3.47. The van der Waals surface area contributed by atoms with Gasteiger partial charge in [0.05, 0.1) is 22.7 Å². The van der Waals surface area contributed by atoms with Gasteiger partial charge in [-0.3, -0.25) is 9.59 Å². The van der Waals surface area contributed by atoms with Crippen molar-refractivity contribution in [3.8, 4) is 0 Å². The van der Waals surface area contributed by atoms with E-state index in [1.165, 1.54) is 23.3 Å². The number of rotatable bonds is 3. The van der Waals surface area contributed by atoms with Gasteiger partial charge in [0.2, 0.25) is 5.91 Å². The second-order valence-electron chi connectivity index (χ2n) is 7.31. The first-order valence-electron chi connectivity index (χ1n) is 9.61. The van der Waals surface area contributed by atoms with Gasteiger partial charge >= 0.3 is 5.97 Å². The van der Waals surface area contributed by atoms with Gasteiger partial charge in [0.1, 0.15) is 5.84 Å². The highest BCUT2D eigenvalue weighted by atomic mass is 32.2. The number of amides is 2. The average molecular weight is 444 g/mol. The van der Waals surface area contributed by atoms with Crippen LogP contribution in [0.4, 0.5) is 11.4 Å². The third-order valence-electron chi connectivity index (χ3n) is 5.01. The van der Waals surface area contributed by atoms with E-state index >= 15 is 0 Å². The van der Waals surface area contributed by atoms with Crippen molar-refractivity contribution in [2.24, 2.45) is 4.40 Å². The lowest BCUT2D eigenvalue weighted by atomic mass is 10.1. The molecule has 0 aliphatic carbocycles. The summed E-state index contributed by atoms with van der Waals surface area (Å²) in [4.78, 5) is 40.4. The van der Waals surface area contributed by atoms with Crippen molar-refractivity contribution in [2.75, 3.05) is 29.1 Å². The van der Waals surface area contributed by atoms with Gasteiger partial charge in [-0.05, 0) is 31.2 Å². The number of ether oxygens (including phenoxy) is 1. The van der Waals surface area contributed by atoms with Gasteiger partial charge in [-0.25, -0.2) is 13.2 Å². The van der Waals surface area contributed by atoms with Crippen LogP contribution in [0.2, 0.25) is 0 Å². The molecule has 10 nitrogen and oxygen atoms in total. The Bertz CT molecular complexity index is 1150. The van der Waals surface area contributed by atoms with Gasteiger partial charge in [0.15, 0.2) is 6.61 Å². The molecule has 1 aromatic rings. The van der Waals surface area contributed by atoms with Crippen molar-refractivity contribution in [1.29, 1.82) is 0 Å². The fourth-order valence-corrected chi connectivity index (χ4v) is 4.54. The Balaban J connectivity index is 1.46. The molecular weight excluding hydrogens is 424 g/mol. The van der Waals surface area contributed by atoms with Crippen LogP contribution < -0.4 is 10.2 Å². The van der Waals surface area contributed by atoms with Crippen LogP contribution in [0.25, 0.3) is 0 Å². The van der Waals surface area contributed by atoms with E-state index in [0.717, 1.165) is 0 Å². The minimum Gasteiger partial charge on any atom is -0.452 e. The average Bonchev–Trinajstić information content (AvgIpc) is 2.85. The Labute approximate surface area is 178 Å². The molecule has 0 spiro atoms. The first-order chi connectivity index (χ1) is 14.7. The molecule has 31 heavy (non-hydrogen) atoms. The number of carbonyl (C=O) groups is 3. The summed E-state index contributed by atoms with van der Waals surface area (Å²) in [6.07, 6.45) is 4.38. The molecule has 0 saturated carbocycles. The standard InChI is InChI=1S/C20H20N4O6S/c1-13-10-18(25)21-15-4-2-3-5-16(15)24(13)19(26)12-30-20(27)14-6-7-17-22-31(28,29)9-8-23(17)11-14/h2-7,11,13H,8-10,12H2,1H3,(H,21,25). The number of anilines is 2. The van der Waals surface area contributed by atoms with E-state index in [9.17, 15) is 22.8 Å². The number of carbonyl (C=O) groups excluding carboxylic acids is 3. The zero-order valence-corrected chi connectivity index (χ0v) is 17.5. The van der Waals surface area contributed by atoms with Crippen LogP contribution in [0.15, 0.2) is 52.6 Å². The van der Waals surface area contributed by atoms with Gasteiger partial charge in [-0.15, -0.1) is 4.40 Å². The smallest absolute Gasteiger partial charge is 0.340 e. The lowest BCUT2D eigenvalue weighted by Crippen LogP contribution is -2.41. The van der Waals surface area contributed by atoms with E-state index < -0.39 is 34.5 Å². The van der Waals surface area contributed by atoms with E-state index in [1.54, 1.807) is 36.1 Å². The molecule has 1 atom stereocenters. The number of nitrogens with one attached hydrogen (secondary N) is 1. The third kappa shape index (κ3) is 4.36. The van der Waals surface area contributed by atoms with Gasteiger partial charge in [0.25, 0.3) is 15.9 Å². The molecule has 0 fully saturated rings. The Morgan fingerprint density at radius 1 is 1.26 bits per heavy atom. The molecule has 1 aromatic carbocycles. The maximum atomic E-state index is 12.9. The largest absolute Gasteiger partial charge is 0.452 e. The summed E-state index contributed by atoms with van der Waals surface area (Å²) in [6, 6.07) is 6.51. The lowest BCUT2D eigenvalue weighted by molar-refractivity contribution is -0.143. The van der Waals surface area contributed by atoms with Crippen LogP contribution in [0, 0.1) is 0 Å². The van der Waals surface area contributed by atoms with E-state index in [-0.39, 0.29) is 36.0 Å². The first kappa shape index (κ1) is 20.8. The predicted molar refractivity (Wildman–Crippen MR) is 113 cm³/mol. The highest BCUT2D eigenvalue weighted by Crippen LogP contribution is 2.31. The zero-order valence-electron chi connectivity index (χ0n) is 16.6. The number of nitrogens with zero attached hydrogens (tertiary/aromatic N) is 3. The third-order valence-corrected chi connectivity index (χ3v) is 6.18. The summed E-state index contributed by atoms with van der Waals surface area (Å²) in [6.45, 7) is 1.41. The molecule has 1 N–H and O–H groups in total. The molecular formula is C20H20N4O6S. The van der Waals surface area contributed by atoms with Crippen molar-refractivity contribution in [1.82, 2.24) is 4.90 Å². The highest BCUT2D eigenvalue weighted by Gasteiger charge is 2.31. The summed E-state index contributed by atoms with van der Waals surface area (Å²) >= 11 is 0. The summed E-state index contributed by atoms with van der Waals surface area (Å²) in [5.41, 5.74) is 1.22. The van der Waals surface area contributed by atoms with Gasteiger partial charge in [0, 0.05) is 25.2 Å². The Morgan fingerprint density at radius 2 is 2.03 bits per heavy atom. The van der Waals surface area contributed by atoms with E-state index in [2.05, 4.69) is 9.71 Å². The highest BCUT2D eigenvalue weighted by molar-refractivity contribution is 7.90. The molecule has 4 rings (SSSR count). The van der Waals surface area contributed by atoms with Gasteiger partial charge < -0.3 is 19.9 Å². The molecule has 11 heteroatoms. The molecule has 3 heterocycles. The van der Waals surface area contributed by atoms with Crippen molar-refractivity contribution >= 4 is 45.0 Å². The quantitative estimate of drug-likeness (QED) is 0.683. The van der Waals surface area contributed by atoms with E-state index in [0.29, 0.717) is 11.4 Å². The minimum absolute atomic E-state index is 0.113.